The van der Waals surface area contributed by atoms with Crippen LogP contribution in [0.4, 0.5) is 0 Å². The monoisotopic (exact) mass is 337 g/mol. The van der Waals surface area contributed by atoms with Crippen molar-refractivity contribution in [3.8, 4) is 23.3 Å². The molecule has 1 aromatic carbocycles. The van der Waals surface area contributed by atoms with Gasteiger partial charge in [0, 0.05) is 18.3 Å². The van der Waals surface area contributed by atoms with E-state index in [4.69, 9.17) is 10.00 Å². The molecule has 5 heteroatoms. The van der Waals surface area contributed by atoms with E-state index in [1.54, 1.807) is 25.5 Å². The summed E-state index contributed by atoms with van der Waals surface area (Å²) in [5.74, 6) is -0.448. The van der Waals surface area contributed by atoms with Gasteiger partial charge in [0.1, 0.15) is 11.8 Å². The van der Waals surface area contributed by atoms with Crippen LogP contribution in [-0.4, -0.2) is 17.1 Å². The Labute approximate surface area is 149 Å². The first kappa shape index (κ1) is 20.0. The van der Waals surface area contributed by atoms with Crippen molar-refractivity contribution in [2.45, 2.75) is 34.1 Å². The van der Waals surface area contributed by atoms with E-state index in [9.17, 15) is 10.1 Å². The summed E-state index contributed by atoms with van der Waals surface area (Å²) in [6.45, 7) is 7.82. The molecule has 0 aliphatic heterocycles. The Morgan fingerprint density at radius 3 is 2.28 bits per heavy atom. The van der Waals surface area contributed by atoms with Crippen LogP contribution in [0.15, 0.2) is 24.3 Å². The third kappa shape index (κ3) is 4.08. The van der Waals surface area contributed by atoms with Gasteiger partial charge in [0.2, 0.25) is 0 Å². The minimum absolute atomic E-state index is 0.269. The van der Waals surface area contributed by atoms with Crippen LogP contribution >= 0.6 is 0 Å². The van der Waals surface area contributed by atoms with E-state index >= 15 is 0 Å². The fourth-order valence-electron chi connectivity index (χ4n) is 2.54. The van der Waals surface area contributed by atoms with E-state index in [0.717, 1.165) is 11.1 Å². The van der Waals surface area contributed by atoms with Crippen molar-refractivity contribution in [1.82, 2.24) is 4.57 Å². The molecule has 0 amide bonds. The highest BCUT2D eigenvalue weighted by Gasteiger charge is 2.25. The Morgan fingerprint density at radius 2 is 1.80 bits per heavy atom. The maximum Gasteiger partial charge on any atom is 0.355 e. The summed E-state index contributed by atoms with van der Waals surface area (Å²) in [5.41, 5.74) is 3.77. The van der Waals surface area contributed by atoms with Gasteiger partial charge in [0.15, 0.2) is 0 Å². The van der Waals surface area contributed by atoms with Gasteiger partial charge in [-0.1, -0.05) is 38.1 Å². The maximum absolute atomic E-state index is 12.3. The van der Waals surface area contributed by atoms with E-state index in [-0.39, 0.29) is 6.61 Å². The molecule has 5 nitrogen and oxygen atoms in total. The SMILES string of the molecule is CC.CCOC(=O)c1c(-c2ccc(CC#N)cc2)c(C#N)c(C)n1C. The number of carbonyl (C=O) groups excluding carboxylic acids is 1. The van der Waals surface area contributed by atoms with Gasteiger partial charge in [-0.25, -0.2) is 4.79 Å². The molecular formula is C20H23N3O2. The van der Waals surface area contributed by atoms with Gasteiger partial charge in [-0.15, -0.1) is 0 Å². The van der Waals surface area contributed by atoms with Crippen LogP contribution < -0.4 is 0 Å². The second-order valence-electron chi connectivity index (χ2n) is 5.11. The van der Waals surface area contributed by atoms with Crippen molar-refractivity contribution in [3.63, 3.8) is 0 Å². The summed E-state index contributed by atoms with van der Waals surface area (Å²) in [6.07, 6.45) is 0.323. The average Bonchev–Trinajstić information content (AvgIpc) is 2.89. The molecule has 0 fully saturated rings. The van der Waals surface area contributed by atoms with Crippen molar-refractivity contribution < 1.29 is 9.53 Å². The van der Waals surface area contributed by atoms with Crippen LogP contribution in [0, 0.1) is 29.6 Å². The zero-order valence-electron chi connectivity index (χ0n) is 15.4. The number of nitrogens with zero attached hydrogens (tertiary/aromatic N) is 3. The molecule has 0 saturated heterocycles. The molecule has 0 aliphatic rings. The Balaban J connectivity index is 0.00000151. The summed E-state index contributed by atoms with van der Waals surface area (Å²) in [4.78, 5) is 12.3. The van der Waals surface area contributed by atoms with Crippen LogP contribution in [0.25, 0.3) is 11.1 Å². The van der Waals surface area contributed by atoms with Gasteiger partial charge in [0.25, 0.3) is 0 Å². The lowest BCUT2D eigenvalue weighted by atomic mass is 9.99. The lowest BCUT2D eigenvalue weighted by molar-refractivity contribution is 0.0516. The summed E-state index contributed by atoms with van der Waals surface area (Å²) < 4.78 is 6.82. The second-order valence-corrected chi connectivity index (χ2v) is 5.11. The standard InChI is InChI=1S/C18H17N3O2.C2H6/c1-4-23-18(22)17-16(15(11-20)12(2)21(17)3)14-7-5-13(6-8-14)9-10-19;1-2/h5-8H,4,9H2,1-3H3;1-2H3. The average molecular weight is 337 g/mol. The van der Waals surface area contributed by atoms with Crippen LogP contribution in [0.3, 0.4) is 0 Å². The smallest absolute Gasteiger partial charge is 0.355 e. The topological polar surface area (TPSA) is 78.8 Å². The van der Waals surface area contributed by atoms with Crippen LogP contribution in [0.2, 0.25) is 0 Å². The van der Waals surface area contributed by atoms with E-state index in [2.05, 4.69) is 12.1 Å². The number of carbonyl (C=O) groups is 1. The highest BCUT2D eigenvalue weighted by atomic mass is 16.5. The van der Waals surface area contributed by atoms with Gasteiger partial charge >= 0.3 is 5.97 Å². The lowest BCUT2D eigenvalue weighted by Crippen LogP contribution is -2.11. The van der Waals surface area contributed by atoms with Crippen molar-refractivity contribution in [2.24, 2.45) is 7.05 Å². The Kier molecular flexibility index (Phi) is 7.43. The van der Waals surface area contributed by atoms with Crippen molar-refractivity contribution in [3.05, 3.63) is 46.8 Å². The molecule has 130 valence electrons. The number of rotatable bonds is 4. The first-order valence-corrected chi connectivity index (χ1v) is 8.27. The molecule has 0 radical (unpaired) electrons. The van der Waals surface area contributed by atoms with E-state index in [1.165, 1.54) is 0 Å². The summed E-state index contributed by atoms with van der Waals surface area (Å²) in [5, 5.41) is 18.2. The summed E-state index contributed by atoms with van der Waals surface area (Å²) in [7, 11) is 1.75. The zero-order valence-corrected chi connectivity index (χ0v) is 15.4. The number of ether oxygens (including phenoxy) is 1. The largest absolute Gasteiger partial charge is 0.461 e. The van der Waals surface area contributed by atoms with Crippen LogP contribution in [-0.2, 0) is 18.2 Å². The first-order chi connectivity index (χ1) is 12.0. The van der Waals surface area contributed by atoms with E-state index < -0.39 is 5.97 Å². The molecule has 0 saturated carbocycles. The van der Waals surface area contributed by atoms with Crippen molar-refractivity contribution >= 4 is 5.97 Å². The molecule has 25 heavy (non-hydrogen) atoms. The summed E-state index contributed by atoms with van der Waals surface area (Å²) >= 11 is 0. The number of hydrogen-bond acceptors (Lipinski definition) is 4. The number of benzene rings is 1. The molecule has 0 N–H and O–H groups in total. The quantitative estimate of drug-likeness (QED) is 0.785. The van der Waals surface area contributed by atoms with Gasteiger partial charge in [-0.2, -0.15) is 10.5 Å². The molecule has 0 aliphatic carbocycles. The first-order valence-electron chi connectivity index (χ1n) is 8.27. The third-order valence-electron chi connectivity index (χ3n) is 3.79. The molecule has 2 rings (SSSR count). The molecule has 0 unspecified atom stereocenters. The van der Waals surface area contributed by atoms with Gasteiger partial charge in [0.05, 0.1) is 24.7 Å². The maximum atomic E-state index is 12.3. The third-order valence-corrected chi connectivity index (χ3v) is 3.79. The normalized spacial score (nSPS) is 9.40. The van der Waals surface area contributed by atoms with Crippen molar-refractivity contribution in [2.75, 3.05) is 6.61 Å². The molecule has 1 heterocycles. The number of aromatic nitrogens is 1. The number of esters is 1. The Morgan fingerprint density at radius 1 is 1.20 bits per heavy atom. The zero-order chi connectivity index (χ0) is 19.0. The highest BCUT2D eigenvalue weighted by Crippen LogP contribution is 2.32. The molecule has 0 bridgehead atoms. The number of nitriles is 2. The summed E-state index contributed by atoms with van der Waals surface area (Å²) in [6, 6.07) is 11.6. The fraction of sp³-hybridized carbons (Fsp3) is 0.350. The lowest BCUT2D eigenvalue weighted by Gasteiger charge is -2.08. The molecule has 0 spiro atoms. The van der Waals surface area contributed by atoms with E-state index in [0.29, 0.717) is 28.9 Å². The minimum Gasteiger partial charge on any atom is -0.461 e. The Hall–Kier alpha value is -3.05. The fourth-order valence-corrected chi connectivity index (χ4v) is 2.54. The minimum atomic E-state index is -0.448. The molecular weight excluding hydrogens is 314 g/mol. The highest BCUT2D eigenvalue weighted by molar-refractivity contribution is 5.98. The van der Waals surface area contributed by atoms with E-state index in [1.807, 2.05) is 38.1 Å². The van der Waals surface area contributed by atoms with Crippen molar-refractivity contribution in [1.29, 1.82) is 10.5 Å². The molecule has 2 aromatic rings. The second kappa shape index (κ2) is 9.30. The van der Waals surface area contributed by atoms with Gasteiger partial charge < -0.3 is 9.30 Å². The van der Waals surface area contributed by atoms with Crippen LogP contribution in [0.5, 0.6) is 0 Å². The van der Waals surface area contributed by atoms with Crippen LogP contribution in [0.1, 0.15) is 48.1 Å². The molecule has 0 atom stereocenters. The van der Waals surface area contributed by atoms with Gasteiger partial charge in [-0.3, -0.25) is 0 Å². The van der Waals surface area contributed by atoms with Gasteiger partial charge in [-0.05, 0) is 25.0 Å². The number of hydrogen-bond donors (Lipinski definition) is 0. The molecule has 1 aromatic heterocycles. The predicted molar refractivity (Wildman–Crippen MR) is 96.9 cm³/mol. The predicted octanol–water partition coefficient (Wildman–Crippen LogP) is 4.14. The Bertz CT molecular complexity index is 819.